The van der Waals surface area contributed by atoms with Gasteiger partial charge in [0.1, 0.15) is 0 Å². The van der Waals surface area contributed by atoms with Gasteiger partial charge in [-0.25, -0.2) is 0 Å². The molecular formula is C17H21N3O5. The number of hydrogen-bond donors (Lipinski definition) is 0. The number of methoxy groups -OCH3 is 2. The number of carbonyl (C=O) groups is 3. The second-order valence-corrected chi connectivity index (χ2v) is 5.66. The molecule has 8 nitrogen and oxygen atoms in total. The molecule has 0 saturated carbocycles. The van der Waals surface area contributed by atoms with Crippen molar-refractivity contribution in [3.05, 3.63) is 29.3 Å². The Morgan fingerprint density at radius 1 is 1.08 bits per heavy atom. The number of esters is 2. The predicted octanol–water partition coefficient (Wildman–Crippen LogP) is 2.41. The van der Waals surface area contributed by atoms with Gasteiger partial charge in [0.15, 0.2) is 11.7 Å². The van der Waals surface area contributed by atoms with Gasteiger partial charge in [0.25, 0.3) is 0 Å². The molecule has 0 radical (unpaired) electrons. The summed E-state index contributed by atoms with van der Waals surface area (Å²) >= 11 is 0. The van der Waals surface area contributed by atoms with Crippen molar-refractivity contribution in [2.24, 2.45) is 10.3 Å². The van der Waals surface area contributed by atoms with Gasteiger partial charge in [0.05, 0.1) is 19.9 Å². The molecule has 0 N–H and O–H groups in total. The van der Waals surface area contributed by atoms with E-state index < -0.39 is 17.9 Å². The highest BCUT2D eigenvalue weighted by Crippen LogP contribution is 2.31. The zero-order valence-corrected chi connectivity index (χ0v) is 14.5. The molecule has 134 valence electrons. The van der Waals surface area contributed by atoms with Crippen LogP contribution in [0.1, 0.15) is 41.6 Å². The van der Waals surface area contributed by atoms with Gasteiger partial charge in [0, 0.05) is 24.2 Å². The topological polar surface area (TPSA) is 97.6 Å². The molecule has 8 heteroatoms. The first-order valence-corrected chi connectivity index (χ1v) is 7.95. The van der Waals surface area contributed by atoms with Crippen molar-refractivity contribution in [1.29, 1.82) is 0 Å². The first-order valence-electron chi connectivity index (χ1n) is 7.95. The van der Waals surface area contributed by atoms with E-state index in [1.807, 2.05) is 5.01 Å². The minimum Gasteiger partial charge on any atom is -0.468 e. The third kappa shape index (κ3) is 4.40. The lowest BCUT2D eigenvalue weighted by molar-refractivity contribution is -0.154. The van der Waals surface area contributed by atoms with E-state index in [0.717, 1.165) is 25.9 Å². The van der Waals surface area contributed by atoms with Crippen LogP contribution in [0.5, 0.6) is 0 Å². The average molecular weight is 347 g/mol. The Bertz CT molecular complexity index is 680. The van der Waals surface area contributed by atoms with Crippen LogP contribution in [-0.2, 0) is 19.1 Å². The molecule has 1 aromatic rings. The zero-order chi connectivity index (χ0) is 18.4. The van der Waals surface area contributed by atoms with Crippen LogP contribution >= 0.6 is 0 Å². The highest BCUT2D eigenvalue weighted by atomic mass is 16.5. The minimum absolute atomic E-state index is 0.197. The van der Waals surface area contributed by atoms with Crippen LogP contribution in [0.4, 0.5) is 5.69 Å². The standard InChI is InChI=1S/C17H21N3O5/c1-11(21)12-6-7-14(18-19-20-8-4-5-9-20)13(10-12)15(16(22)24-2)17(23)25-3/h6-7,10,15H,4-5,8-9H2,1-3H3. The van der Waals surface area contributed by atoms with E-state index in [2.05, 4.69) is 10.3 Å². The van der Waals surface area contributed by atoms with Crippen LogP contribution < -0.4 is 0 Å². The van der Waals surface area contributed by atoms with Gasteiger partial charge >= 0.3 is 11.9 Å². The molecule has 0 atom stereocenters. The maximum absolute atomic E-state index is 12.1. The molecular weight excluding hydrogens is 326 g/mol. The van der Waals surface area contributed by atoms with Crippen molar-refractivity contribution >= 4 is 23.4 Å². The Morgan fingerprint density at radius 3 is 2.20 bits per heavy atom. The maximum Gasteiger partial charge on any atom is 0.324 e. The van der Waals surface area contributed by atoms with Crippen LogP contribution in [0.15, 0.2) is 28.5 Å². The van der Waals surface area contributed by atoms with Crippen molar-refractivity contribution in [2.75, 3.05) is 27.3 Å². The van der Waals surface area contributed by atoms with Crippen LogP contribution in [0.25, 0.3) is 0 Å². The summed E-state index contributed by atoms with van der Waals surface area (Å²) < 4.78 is 9.43. The Balaban J connectivity index is 2.49. The van der Waals surface area contributed by atoms with Gasteiger partial charge < -0.3 is 9.47 Å². The van der Waals surface area contributed by atoms with Gasteiger partial charge in [-0.15, -0.1) is 5.11 Å². The number of benzene rings is 1. The fraction of sp³-hybridized carbons (Fsp3) is 0.471. The van der Waals surface area contributed by atoms with Crippen molar-refractivity contribution in [3.63, 3.8) is 0 Å². The van der Waals surface area contributed by atoms with Crippen LogP contribution in [0.2, 0.25) is 0 Å². The molecule has 0 aromatic heterocycles. The van der Waals surface area contributed by atoms with E-state index in [4.69, 9.17) is 9.47 Å². The molecule has 0 bridgehead atoms. The lowest BCUT2D eigenvalue weighted by Crippen LogP contribution is -2.24. The molecule has 1 aliphatic rings. The Labute approximate surface area is 145 Å². The molecule has 0 spiro atoms. The predicted molar refractivity (Wildman–Crippen MR) is 88.5 cm³/mol. The number of Topliss-reactive ketones (excluding diaryl/α,β-unsaturated/α-hetero) is 1. The normalized spacial score (nSPS) is 14.2. The molecule has 0 unspecified atom stereocenters. The minimum atomic E-state index is -1.33. The molecule has 1 aromatic carbocycles. The summed E-state index contributed by atoms with van der Waals surface area (Å²) in [6.07, 6.45) is 2.09. The van der Waals surface area contributed by atoms with Crippen molar-refractivity contribution in [2.45, 2.75) is 25.7 Å². The second kappa shape index (κ2) is 8.36. The molecule has 1 fully saturated rings. The Kier molecular flexibility index (Phi) is 6.21. The molecule has 1 aliphatic heterocycles. The van der Waals surface area contributed by atoms with Crippen LogP contribution in [0, 0.1) is 0 Å². The van der Waals surface area contributed by atoms with E-state index in [9.17, 15) is 14.4 Å². The monoisotopic (exact) mass is 347 g/mol. The van der Waals surface area contributed by atoms with Gasteiger partial charge in [0.2, 0.25) is 0 Å². The van der Waals surface area contributed by atoms with E-state index >= 15 is 0 Å². The number of rotatable bonds is 6. The van der Waals surface area contributed by atoms with Gasteiger partial charge in [-0.05, 0) is 38.0 Å². The molecule has 0 aliphatic carbocycles. The smallest absolute Gasteiger partial charge is 0.324 e. The molecule has 25 heavy (non-hydrogen) atoms. The lowest BCUT2D eigenvalue weighted by Gasteiger charge is -2.16. The molecule has 1 heterocycles. The molecule has 2 rings (SSSR count). The second-order valence-electron chi connectivity index (χ2n) is 5.66. The number of carbonyl (C=O) groups excluding carboxylic acids is 3. The number of ether oxygens (including phenoxy) is 2. The summed E-state index contributed by atoms with van der Waals surface area (Å²) in [6.45, 7) is 3.01. The summed E-state index contributed by atoms with van der Waals surface area (Å²) in [5.74, 6) is -3.10. The third-order valence-electron chi connectivity index (χ3n) is 3.98. The summed E-state index contributed by atoms with van der Waals surface area (Å²) in [4.78, 5) is 35.9. The fourth-order valence-electron chi connectivity index (χ4n) is 2.58. The first kappa shape index (κ1) is 18.6. The number of ketones is 1. The van der Waals surface area contributed by atoms with Crippen LogP contribution in [-0.4, -0.2) is 50.0 Å². The largest absolute Gasteiger partial charge is 0.468 e. The van der Waals surface area contributed by atoms with Gasteiger partial charge in [-0.3, -0.25) is 19.4 Å². The molecule has 1 saturated heterocycles. The molecule has 0 amide bonds. The van der Waals surface area contributed by atoms with E-state index in [1.165, 1.54) is 27.2 Å². The highest BCUT2D eigenvalue weighted by Gasteiger charge is 2.33. The first-order chi connectivity index (χ1) is 12.0. The van der Waals surface area contributed by atoms with E-state index in [-0.39, 0.29) is 11.3 Å². The summed E-state index contributed by atoms with van der Waals surface area (Å²) in [7, 11) is 2.36. The van der Waals surface area contributed by atoms with Crippen molar-refractivity contribution < 1.29 is 23.9 Å². The highest BCUT2D eigenvalue weighted by molar-refractivity contribution is 6.03. The lowest BCUT2D eigenvalue weighted by atomic mass is 9.94. The van der Waals surface area contributed by atoms with Gasteiger partial charge in [-0.1, -0.05) is 5.22 Å². The Morgan fingerprint density at radius 2 is 1.68 bits per heavy atom. The van der Waals surface area contributed by atoms with Crippen LogP contribution in [0.3, 0.4) is 0 Å². The quantitative estimate of drug-likeness (QED) is 0.339. The third-order valence-corrected chi connectivity index (χ3v) is 3.98. The SMILES string of the molecule is COC(=O)C(C(=O)OC)c1cc(C(C)=O)ccc1N=NN1CCCC1. The summed E-state index contributed by atoms with van der Waals surface area (Å²) in [5, 5.41) is 10.1. The average Bonchev–Trinajstić information content (AvgIpc) is 3.13. The van der Waals surface area contributed by atoms with E-state index in [0.29, 0.717) is 11.3 Å². The number of hydrogen-bond acceptors (Lipinski definition) is 7. The Hall–Kier alpha value is -2.77. The summed E-state index contributed by atoms with van der Waals surface area (Å²) in [5.41, 5.74) is 0.903. The van der Waals surface area contributed by atoms with Crippen molar-refractivity contribution in [1.82, 2.24) is 5.01 Å². The fourth-order valence-corrected chi connectivity index (χ4v) is 2.58. The zero-order valence-electron chi connectivity index (χ0n) is 14.5. The van der Waals surface area contributed by atoms with E-state index in [1.54, 1.807) is 12.1 Å². The summed E-state index contributed by atoms with van der Waals surface area (Å²) in [6, 6.07) is 4.60. The van der Waals surface area contributed by atoms with Gasteiger partial charge in [-0.2, -0.15) is 0 Å². The van der Waals surface area contributed by atoms with Crippen molar-refractivity contribution in [3.8, 4) is 0 Å². The number of nitrogens with zero attached hydrogens (tertiary/aromatic N) is 3. The maximum atomic E-state index is 12.1.